The molecule has 0 unspecified atom stereocenters. The van der Waals surface area contributed by atoms with Crippen molar-refractivity contribution in [2.75, 3.05) is 0 Å². The van der Waals surface area contributed by atoms with Gasteiger partial charge in [0.2, 0.25) is 10.0 Å². The van der Waals surface area contributed by atoms with Crippen LogP contribution in [0.2, 0.25) is 0 Å². The molecule has 0 amide bonds. The van der Waals surface area contributed by atoms with E-state index in [1.807, 2.05) is 13.8 Å². The van der Waals surface area contributed by atoms with Gasteiger partial charge in [0.25, 0.3) is 0 Å². The van der Waals surface area contributed by atoms with Crippen LogP contribution in [0.15, 0.2) is 0 Å². The van der Waals surface area contributed by atoms with Crippen LogP contribution in [0, 0.1) is 5.25 Å². The van der Waals surface area contributed by atoms with Crippen LogP contribution in [-0.4, -0.2) is 14.5 Å². The molecule has 1 N–H and O–H groups in total. The van der Waals surface area contributed by atoms with Crippen LogP contribution in [0.25, 0.3) is 0 Å². The van der Waals surface area contributed by atoms with Gasteiger partial charge >= 0.3 is 0 Å². The van der Waals surface area contributed by atoms with E-state index in [1.165, 1.54) is 6.42 Å². The molecule has 0 atom stereocenters. The van der Waals surface area contributed by atoms with Crippen LogP contribution in [0.1, 0.15) is 46.0 Å². The van der Waals surface area contributed by atoms with Gasteiger partial charge in [0.05, 0.1) is 0 Å². The van der Waals surface area contributed by atoms with Crippen LogP contribution in [0.4, 0.5) is 0 Å². The molecule has 0 aromatic rings. The first-order valence-electron chi connectivity index (χ1n) is 4.89. The molecule has 4 heteroatoms. The third-order valence-electron chi connectivity index (χ3n) is 2.18. The zero-order valence-corrected chi connectivity index (χ0v) is 9.15. The highest BCUT2D eigenvalue weighted by atomic mass is 32.2. The number of rotatable bonds is 3. The average molecular weight is 204 g/mol. The fourth-order valence-corrected chi connectivity index (χ4v) is 3.22. The van der Waals surface area contributed by atoms with E-state index in [1.54, 1.807) is 0 Å². The monoisotopic (exact) mass is 204 g/mol. The van der Waals surface area contributed by atoms with Gasteiger partial charge in [0.15, 0.2) is 0 Å². The fourth-order valence-electron chi connectivity index (χ4n) is 1.61. The molecule has 0 aliphatic heterocycles. The predicted molar refractivity (Wildman–Crippen MR) is 53.5 cm³/mol. The highest BCUT2D eigenvalue weighted by Gasteiger charge is 2.28. The molecule has 0 aromatic carbocycles. The van der Waals surface area contributed by atoms with Crippen LogP contribution >= 0.6 is 0 Å². The summed E-state index contributed by atoms with van der Waals surface area (Å²) >= 11 is 0. The average Bonchev–Trinajstić information content (AvgIpc) is 2.04. The van der Waals surface area contributed by atoms with Crippen molar-refractivity contribution in [3.05, 3.63) is 5.25 Å². The summed E-state index contributed by atoms with van der Waals surface area (Å²) in [4.78, 5) is 0. The second-order valence-corrected chi connectivity index (χ2v) is 5.70. The fraction of sp³-hybridized carbons (Fsp3) is 0.889. The predicted octanol–water partition coefficient (Wildman–Crippen LogP) is 1.81. The van der Waals surface area contributed by atoms with Crippen molar-refractivity contribution < 1.29 is 8.42 Å². The molecular weight excluding hydrogens is 186 g/mol. The lowest BCUT2D eigenvalue weighted by atomic mass is 10.0. The Labute approximate surface area is 81.0 Å². The summed E-state index contributed by atoms with van der Waals surface area (Å²) in [6.07, 6.45) is 4.72. The molecule has 0 spiro atoms. The van der Waals surface area contributed by atoms with E-state index in [0.717, 1.165) is 25.7 Å². The Hall–Kier alpha value is -0.0900. The lowest BCUT2D eigenvalue weighted by molar-refractivity contribution is 0.526. The van der Waals surface area contributed by atoms with Gasteiger partial charge in [0.1, 0.15) is 5.25 Å². The topological polar surface area (TPSA) is 46.2 Å². The van der Waals surface area contributed by atoms with Crippen molar-refractivity contribution in [1.82, 2.24) is 4.72 Å². The molecule has 1 radical (unpaired) electrons. The summed E-state index contributed by atoms with van der Waals surface area (Å²) in [6, 6.07) is -0.000531. The molecule has 77 valence electrons. The Kier molecular flexibility index (Phi) is 3.74. The van der Waals surface area contributed by atoms with Crippen molar-refractivity contribution in [1.29, 1.82) is 0 Å². The largest absolute Gasteiger partial charge is 0.219 e. The maximum absolute atomic E-state index is 11.6. The maximum atomic E-state index is 11.6. The van der Waals surface area contributed by atoms with Gasteiger partial charge in [-0.2, -0.15) is 0 Å². The van der Waals surface area contributed by atoms with Crippen molar-refractivity contribution in [3.8, 4) is 0 Å². The number of sulfonamides is 1. The van der Waals surface area contributed by atoms with Crippen molar-refractivity contribution in [3.63, 3.8) is 0 Å². The van der Waals surface area contributed by atoms with E-state index < -0.39 is 10.0 Å². The highest BCUT2D eigenvalue weighted by molar-refractivity contribution is 7.92. The number of nitrogens with one attached hydrogen (secondary N) is 1. The molecule has 1 saturated carbocycles. The third-order valence-corrected chi connectivity index (χ3v) is 4.13. The number of hydrogen-bond acceptors (Lipinski definition) is 2. The molecule has 0 bridgehead atoms. The van der Waals surface area contributed by atoms with E-state index >= 15 is 0 Å². The van der Waals surface area contributed by atoms with Crippen molar-refractivity contribution >= 4 is 10.0 Å². The Morgan fingerprint density at radius 2 is 1.69 bits per heavy atom. The van der Waals surface area contributed by atoms with E-state index in [-0.39, 0.29) is 6.04 Å². The molecule has 0 aromatic heterocycles. The van der Waals surface area contributed by atoms with Crippen LogP contribution in [0.3, 0.4) is 0 Å². The minimum Gasteiger partial charge on any atom is -0.212 e. The molecule has 3 nitrogen and oxygen atoms in total. The first-order chi connectivity index (χ1) is 6.02. The lowest BCUT2D eigenvalue weighted by Gasteiger charge is -2.22. The lowest BCUT2D eigenvalue weighted by Crippen LogP contribution is -2.35. The van der Waals surface area contributed by atoms with Crippen LogP contribution in [-0.2, 0) is 10.0 Å². The molecule has 13 heavy (non-hydrogen) atoms. The molecule has 1 rings (SSSR count). The zero-order chi connectivity index (χ0) is 9.90. The van der Waals surface area contributed by atoms with Gasteiger partial charge in [-0.05, 0) is 26.7 Å². The first-order valence-corrected chi connectivity index (χ1v) is 6.38. The summed E-state index contributed by atoms with van der Waals surface area (Å²) in [6.45, 7) is 3.70. The summed E-state index contributed by atoms with van der Waals surface area (Å²) in [5.41, 5.74) is 0. The first kappa shape index (κ1) is 11.0. The van der Waals surface area contributed by atoms with E-state index in [0.29, 0.717) is 5.25 Å². The number of hydrogen-bond donors (Lipinski definition) is 1. The minimum atomic E-state index is -3.12. The molecule has 1 fully saturated rings. The van der Waals surface area contributed by atoms with Gasteiger partial charge in [-0.3, -0.25) is 0 Å². The van der Waals surface area contributed by atoms with Gasteiger partial charge in [0, 0.05) is 6.04 Å². The smallest absolute Gasteiger partial charge is 0.212 e. The molecule has 1 aliphatic rings. The standard InChI is InChI=1S/C9H18NO2S/c1-8(2)10-13(11,12)9-6-4-3-5-7-9/h8,10H,3-7H2,1-2H3. The maximum Gasteiger partial charge on any atom is 0.219 e. The highest BCUT2D eigenvalue weighted by Crippen LogP contribution is 2.29. The quantitative estimate of drug-likeness (QED) is 0.762. The summed E-state index contributed by atoms with van der Waals surface area (Å²) < 4.78 is 25.9. The van der Waals surface area contributed by atoms with E-state index in [4.69, 9.17) is 0 Å². The normalized spacial score (nSPS) is 20.8. The van der Waals surface area contributed by atoms with Gasteiger partial charge in [-0.15, -0.1) is 0 Å². The molecule has 0 saturated heterocycles. The third kappa shape index (κ3) is 3.27. The molecule has 1 aliphatic carbocycles. The van der Waals surface area contributed by atoms with E-state index in [9.17, 15) is 8.42 Å². The summed E-state index contributed by atoms with van der Waals surface area (Å²) in [7, 11) is -3.12. The second kappa shape index (κ2) is 4.42. The Balaban J connectivity index is 2.57. The Bertz CT molecular complexity index is 240. The van der Waals surface area contributed by atoms with Crippen LogP contribution < -0.4 is 4.72 Å². The Morgan fingerprint density at radius 3 is 2.15 bits per heavy atom. The van der Waals surface area contributed by atoms with Crippen LogP contribution in [0.5, 0.6) is 0 Å². The van der Waals surface area contributed by atoms with Crippen molar-refractivity contribution in [2.24, 2.45) is 0 Å². The summed E-state index contributed by atoms with van der Waals surface area (Å²) in [5.74, 6) is 0. The molecule has 0 heterocycles. The van der Waals surface area contributed by atoms with E-state index in [2.05, 4.69) is 4.72 Å². The second-order valence-electron chi connectivity index (χ2n) is 3.88. The SMILES string of the molecule is CC(C)NS(=O)(=O)[C]1CCCCC1. The van der Waals surface area contributed by atoms with Gasteiger partial charge in [-0.1, -0.05) is 19.3 Å². The van der Waals surface area contributed by atoms with Gasteiger partial charge < -0.3 is 0 Å². The molecular formula is C9H18NO2S. The Morgan fingerprint density at radius 1 is 1.15 bits per heavy atom. The minimum absolute atomic E-state index is 0.000531. The van der Waals surface area contributed by atoms with Gasteiger partial charge in [-0.25, -0.2) is 13.1 Å². The summed E-state index contributed by atoms with van der Waals surface area (Å²) in [5, 5.41) is 0.701. The zero-order valence-electron chi connectivity index (χ0n) is 8.34. The van der Waals surface area contributed by atoms with Crippen molar-refractivity contribution in [2.45, 2.75) is 52.0 Å².